The largest absolute Gasteiger partial charge is 0.126 e. The summed E-state index contributed by atoms with van der Waals surface area (Å²) < 4.78 is 0. The van der Waals surface area contributed by atoms with E-state index in [4.69, 9.17) is 11.6 Å². The molecule has 1 fully saturated rings. The van der Waals surface area contributed by atoms with Gasteiger partial charge in [0, 0.05) is 5.88 Å². The summed E-state index contributed by atoms with van der Waals surface area (Å²) in [5.41, 5.74) is 0.463. The van der Waals surface area contributed by atoms with E-state index in [0.29, 0.717) is 5.41 Å². The molecule has 78 valence electrons. The highest BCUT2D eigenvalue weighted by atomic mass is 35.5. The summed E-state index contributed by atoms with van der Waals surface area (Å²) in [6.07, 6.45) is 9.77. The molecule has 0 radical (unpaired) electrons. The molecular formula is C12H23Cl. The van der Waals surface area contributed by atoms with Crippen molar-refractivity contribution < 1.29 is 0 Å². The van der Waals surface area contributed by atoms with Gasteiger partial charge in [-0.15, -0.1) is 11.6 Å². The van der Waals surface area contributed by atoms with Gasteiger partial charge in [-0.3, -0.25) is 0 Å². The zero-order valence-electron chi connectivity index (χ0n) is 9.11. The van der Waals surface area contributed by atoms with Gasteiger partial charge in [-0.05, 0) is 37.0 Å². The van der Waals surface area contributed by atoms with Gasteiger partial charge in [-0.25, -0.2) is 0 Å². The second-order valence-corrected chi connectivity index (χ2v) is 5.30. The van der Waals surface area contributed by atoms with Crippen LogP contribution in [0.3, 0.4) is 0 Å². The zero-order valence-corrected chi connectivity index (χ0v) is 9.87. The predicted octanol–water partition coefficient (Wildman–Crippen LogP) is 4.61. The number of unbranched alkanes of at least 4 members (excludes halogenated alkanes) is 1. The predicted molar refractivity (Wildman–Crippen MR) is 60.3 cm³/mol. The molecule has 0 aromatic heterocycles. The van der Waals surface area contributed by atoms with E-state index in [9.17, 15) is 0 Å². The van der Waals surface area contributed by atoms with Crippen molar-refractivity contribution in [2.24, 2.45) is 11.3 Å². The topological polar surface area (TPSA) is 0 Å². The van der Waals surface area contributed by atoms with E-state index < -0.39 is 0 Å². The van der Waals surface area contributed by atoms with Crippen molar-refractivity contribution in [3.8, 4) is 0 Å². The van der Waals surface area contributed by atoms with Crippen LogP contribution in [0.25, 0.3) is 0 Å². The Kier molecular flexibility index (Phi) is 4.58. The van der Waals surface area contributed by atoms with Crippen LogP contribution in [0.1, 0.15) is 58.8 Å². The molecule has 0 saturated heterocycles. The maximum absolute atomic E-state index is 5.97. The fourth-order valence-corrected chi connectivity index (χ4v) is 2.56. The Morgan fingerprint density at radius 3 is 2.38 bits per heavy atom. The Hall–Kier alpha value is 0.290. The molecule has 0 heterocycles. The Morgan fingerprint density at radius 1 is 1.31 bits per heavy atom. The average molecular weight is 203 g/mol. The first-order valence-corrected chi connectivity index (χ1v) is 6.29. The van der Waals surface area contributed by atoms with Crippen LogP contribution >= 0.6 is 11.6 Å². The Bertz CT molecular complexity index is 134. The molecule has 0 nitrogen and oxygen atoms in total. The summed E-state index contributed by atoms with van der Waals surface area (Å²) in [5.74, 6) is 1.87. The highest BCUT2D eigenvalue weighted by Gasteiger charge is 2.29. The molecule has 0 unspecified atom stereocenters. The van der Waals surface area contributed by atoms with E-state index in [1.54, 1.807) is 0 Å². The first kappa shape index (κ1) is 11.4. The second kappa shape index (κ2) is 5.24. The van der Waals surface area contributed by atoms with E-state index in [-0.39, 0.29) is 0 Å². The summed E-state index contributed by atoms with van der Waals surface area (Å²) in [4.78, 5) is 0. The monoisotopic (exact) mass is 202 g/mol. The fourth-order valence-electron chi connectivity index (χ4n) is 2.29. The Morgan fingerprint density at radius 2 is 1.92 bits per heavy atom. The molecule has 0 aromatic rings. The quantitative estimate of drug-likeness (QED) is 0.584. The van der Waals surface area contributed by atoms with Gasteiger partial charge in [0.05, 0.1) is 0 Å². The van der Waals surface area contributed by atoms with Crippen LogP contribution in [0.4, 0.5) is 0 Å². The molecule has 0 atom stereocenters. The number of hydrogen-bond acceptors (Lipinski definition) is 0. The maximum Gasteiger partial charge on any atom is 0.0277 e. The molecule has 0 aliphatic heterocycles. The highest BCUT2D eigenvalue weighted by Crippen LogP contribution is 2.40. The van der Waals surface area contributed by atoms with Crippen molar-refractivity contribution in [1.82, 2.24) is 0 Å². The first-order valence-electron chi connectivity index (χ1n) is 5.76. The van der Waals surface area contributed by atoms with Crippen LogP contribution in [-0.2, 0) is 0 Å². The van der Waals surface area contributed by atoms with Crippen molar-refractivity contribution in [3.63, 3.8) is 0 Å². The van der Waals surface area contributed by atoms with Crippen LogP contribution in [0.2, 0.25) is 0 Å². The molecule has 1 aliphatic carbocycles. The van der Waals surface area contributed by atoms with Gasteiger partial charge in [0.15, 0.2) is 0 Å². The van der Waals surface area contributed by atoms with Crippen molar-refractivity contribution in [3.05, 3.63) is 0 Å². The highest BCUT2D eigenvalue weighted by molar-refractivity contribution is 6.18. The van der Waals surface area contributed by atoms with Gasteiger partial charge in [0.25, 0.3) is 0 Å². The van der Waals surface area contributed by atoms with Crippen molar-refractivity contribution >= 4 is 11.6 Å². The Balaban J connectivity index is 2.22. The lowest BCUT2D eigenvalue weighted by Gasteiger charge is -2.35. The average Bonchev–Trinajstić information content (AvgIpc) is 2.17. The zero-order chi connectivity index (χ0) is 9.73. The second-order valence-electron chi connectivity index (χ2n) is 5.03. The lowest BCUT2D eigenvalue weighted by Crippen LogP contribution is -2.25. The summed E-state index contributed by atoms with van der Waals surface area (Å²) in [5, 5.41) is 0. The first-order chi connectivity index (χ1) is 6.20. The molecule has 1 saturated carbocycles. The summed E-state index contributed by atoms with van der Waals surface area (Å²) >= 11 is 5.97. The third-order valence-electron chi connectivity index (χ3n) is 3.60. The van der Waals surface area contributed by atoms with Crippen LogP contribution in [0.15, 0.2) is 0 Å². The van der Waals surface area contributed by atoms with E-state index in [1.807, 2.05) is 0 Å². The third kappa shape index (κ3) is 3.50. The van der Waals surface area contributed by atoms with Crippen LogP contribution < -0.4 is 0 Å². The molecule has 0 aromatic carbocycles. The van der Waals surface area contributed by atoms with Gasteiger partial charge in [-0.1, -0.05) is 33.1 Å². The van der Waals surface area contributed by atoms with Crippen molar-refractivity contribution in [2.75, 3.05) is 5.88 Å². The fraction of sp³-hybridized carbons (Fsp3) is 1.00. The molecule has 1 rings (SSSR count). The smallest absolute Gasteiger partial charge is 0.0277 e. The summed E-state index contributed by atoms with van der Waals surface area (Å²) in [6, 6.07) is 0. The van der Waals surface area contributed by atoms with Crippen LogP contribution in [0, 0.1) is 11.3 Å². The molecule has 0 amide bonds. The standard InChI is InChI=1S/C12H23Cl/c1-3-4-5-11-6-8-12(2,10-13)9-7-11/h11H,3-10H2,1-2H3. The van der Waals surface area contributed by atoms with Crippen LogP contribution in [-0.4, -0.2) is 5.88 Å². The van der Waals surface area contributed by atoms with Gasteiger partial charge in [0.2, 0.25) is 0 Å². The summed E-state index contributed by atoms with van der Waals surface area (Å²) in [6.45, 7) is 4.63. The number of rotatable bonds is 4. The van der Waals surface area contributed by atoms with Gasteiger partial charge >= 0.3 is 0 Å². The minimum absolute atomic E-state index is 0.463. The van der Waals surface area contributed by atoms with E-state index in [2.05, 4.69) is 13.8 Å². The van der Waals surface area contributed by atoms with Crippen LogP contribution in [0.5, 0.6) is 0 Å². The normalized spacial score (nSPS) is 34.8. The van der Waals surface area contributed by atoms with Gasteiger partial charge < -0.3 is 0 Å². The molecule has 1 aliphatic rings. The van der Waals surface area contributed by atoms with E-state index >= 15 is 0 Å². The number of alkyl halides is 1. The molecule has 0 spiro atoms. The lowest BCUT2D eigenvalue weighted by molar-refractivity contribution is 0.187. The van der Waals surface area contributed by atoms with E-state index in [1.165, 1.54) is 44.9 Å². The van der Waals surface area contributed by atoms with Gasteiger partial charge in [-0.2, -0.15) is 0 Å². The molecule has 0 N–H and O–H groups in total. The Labute approximate surface area is 88.1 Å². The van der Waals surface area contributed by atoms with E-state index in [0.717, 1.165) is 11.8 Å². The summed E-state index contributed by atoms with van der Waals surface area (Å²) in [7, 11) is 0. The SMILES string of the molecule is CCCCC1CCC(C)(CCl)CC1. The number of halogens is 1. The molecule has 13 heavy (non-hydrogen) atoms. The van der Waals surface area contributed by atoms with Crippen molar-refractivity contribution in [1.29, 1.82) is 0 Å². The van der Waals surface area contributed by atoms with Crippen molar-refractivity contribution in [2.45, 2.75) is 58.8 Å². The maximum atomic E-state index is 5.97. The van der Waals surface area contributed by atoms with Gasteiger partial charge in [0.1, 0.15) is 0 Å². The minimum Gasteiger partial charge on any atom is -0.126 e. The molecule has 0 bridgehead atoms. The molecule has 1 heteroatoms. The third-order valence-corrected chi connectivity index (χ3v) is 4.25. The minimum atomic E-state index is 0.463. The lowest BCUT2D eigenvalue weighted by atomic mass is 9.72. The number of hydrogen-bond donors (Lipinski definition) is 0. The molecular weight excluding hydrogens is 180 g/mol.